The van der Waals surface area contributed by atoms with Gasteiger partial charge in [-0.2, -0.15) is 0 Å². The molecule has 0 fully saturated rings. The fraction of sp³-hybridized carbons (Fsp3) is 0.533. The van der Waals surface area contributed by atoms with Crippen LogP contribution in [0.25, 0.3) is 0 Å². The summed E-state index contributed by atoms with van der Waals surface area (Å²) < 4.78 is 0. The van der Waals surface area contributed by atoms with Crippen molar-refractivity contribution >= 4 is 11.7 Å². The highest BCUT2D eigenvalue weighted by Crippen LogP contribution is 2.18. The van der Waals surface area contributed by atoms with Gasteiger partial charge in [0.15, 0.2) is 0 Å². The first kappa shape index (κ1) is 14.6. The summed E-state index contributed by atoms with van der Waals surface area (Å²) in [6, 6.07) is 7.76. The van der Waals surface area contributed by atoms with E-state index in [4.69, 9.17) is 5.11 Å². The van der Waals surface area contributed by atoms with Gasteiger partial charge in [0.2, 0.25) is 0 Å². The average Bonchev–Trinajstić information content (AvgIpc) is 2.37. The van der Waals surface area contributed by atoms with Crippen molar-refractivity contribution in [2.45, 2.75) is 45.6 Å². The van der Waals surface area contributed by atoms with E-state index >= 15 is 0 Å². The molecule has 0 heterocycles. The average molecular weight is 249 g/mol. The predicted octanol–water partition coefficient (Wildman–Crippen LogP) is 3.33. The van der Waals surface area contributed by atoms with Gasteiger partial charge in [0.1, 0.15) is 6.04 Å². The van der Waals surface area contributed by atoms with E-state index in [0.717, 1.165) is 12.1 Å². The molecule has 0 aromatic heterocycles. The first-order valence-electron chi connectivity index (χ1n) is 6.64. The third-order valence-corrected chi connectivity index (χ3v) is 3.30. The summed E-state index contributed by atoms with van der Waals surface area (Å²) in [6.07, 6.45) is 4.08. The SMILES string of the molecule is CCCCc1ccc(N(C)[C@@H](CC)C(=O)O)cc1. The van der Waals surface area contributed by atoms with Crippen LogP contribution in [-0.2, 0) is 11.2 Å². The van der Waals surface area contributed by atoms with E-state index in [9.17, 15) is 4.79 Å². The topological polar surface area (TPSA) is 40.5 Å². The summed E-state index contributed by atoms with van der Waals surface area (Å²) in [5, 5.41) is 9.13. The molecule has 1 atom stereocenters. The summed E-state index contributed by atoms with van der Waals surface area (Å²) >= 11 is 0. The molecule has 1 aromatic carbocycles. The number of unbranched alkanes of at least 4 members (excludes halogenated alkanes) is 1. The van der Waals surface area contributed by atoms with Gasteiger partial charge in [0, 0.05) is 12.7 Å². The van der Waals surface area contributed by atoms with E-state index in [0.29, 0.717) is 6.42 Å². The Hall–Kier alpha value is -1.51. The first-order chi connectivity index (χ1) is 8.60. The van der Waals surface area contributed by atoms with Gasteiger partial charge in [-0.25, -0.2) is 4.79 Å². The van der Waals surface area contributed by atoms with Crippen molar-refractivity contribution in [2.24, 2.45) is 0 Å². The van der Waals surface area contributed by atoms with E-state index in [1.165, 1.54) is 18.4 Å². The quantitative estimate of drug-likeness (QED) is 0.805. The molecule has 0 aliphatic carbocycles. The number of benzene rings is 1. The minimum atomic E-state index is -0.768. The fourth-order valence-corrected chi connectivity index (χ4v) is 2.07. The lowest BCUT2D eigenvalue weighted by Gasteiger charge is -2.26. The number of aliphatic carboxylic acids is 1. The second kappa shape index (κ2) is 7.04. The second-order valence-corrected chi connectivity index (χ2v) is 4.64. The van der Waals surface area contributed by atoms with Gasteiger partial charge in [-0.15, -0.1) is 0 Å². The van der Waals surface area contributed by atoms with Crippen LogP contribution >= 0.6 is 0 Å². The number of likely N-dealkylation sites (N-methyl/N-ethyl adjacent to an activating group) is 1. The van der Waals surface area contributed by atoms with Crippen LogP contribution in [0.5, 0.6) is 0 Å². The summed E-state index contributed by atoms with van der Waals surface area (Å²) in [5.41, 5.74) is 2.28. The molecule has 3 heteroatoms. The van der Waals surface area contributed by atoms with Crippen molar-refractivity contribution in [1.29, 1.82) is 0 Å². The molecule has 0 aliphatic rings. The molecule has 0 bridgehead atoms. The van der Waals surface area contributed by atoms with Gasteiger partial charge < -0.3 is 10.0 Å². The van der Waals surface area contributed by atoms with E-state index in [1.807, 2.05) is 31.0 Å². The Bertz CT molecular complexity index is 373. The Morgan fingerprint density at radius 3 is 2.33 bits per heavy atom. The fourth-order valence-electron chi connectivity index (χ4n) is 2.07. The summed E-state index contributed by atoms with van der Waals surface area (Å²) in [6.45, 7) is 4.08. The lowest BCUT2D eigenvalue weighted by atomic mass is 10.1. The number of nitrogens with zero attached hydrogens (tertiary/aromatic N) is 1. The molecule has 1 N–H and O–H groups in total. The van der Waals surface area contributed by atoms with Crippen molar-refractivity contribution in [3.63, 3.8) is 0 Å². The Balaban J connectivity index is 2.74. The van der Waals surface area contributed by atoms with Gasteiger partial charge in [-0.1, -0.05) is 32.4 Å². The molecule has 0 saturated carbocycles. The normalized spacial score (nSPS) is 12.2. The number of hydrogen-bond donors (Lipinski definition) is 1. The smallest absolute Gasteiger partial charge is 0.326 e. The third-order valence-electron chi connectivity index (χ3n) is 3.30. The number of carbonyl (C=O) groups is 1. The molecule has 0 unspecified atom stereocenters. The summed E-state index contributed by atoms with van der Waals surface area (Å²) in [5.74, 6) is -0.768. The highest BCUT2D eigenvalue weighted by Gasteiger charge is 2.20. The van der Waals surface area contributed by atoms with Gasteiger partial charge >= 0.3 is 5.97 Å². The Kier molecular flexibility index (Phi) is 5.69. The highest BCUT2D eigenvalue weighted by atomic mass is 16.4. The number of rotatable bonds is 7. The molecule has 0 spiro atoms. The molecular weight excluding hydrogens is 226 g/mol. The molecule has 18 heavy (non-hydrogen) atoms. The number of hydrogen-bond acceptors (Lipinski definition) is 2. The minimum Gasteiger partial charge on any atom is -0.480 e. The molecule has 1 rings (SSSR count). The maximum atomic E-state index is 11.1. The zero-order valence-corrected chi connectivity index (χ0v) is 11.5. The molecule has 100 valence electrons. The van der Waals surface area contributed by atoms with Crippen LogP contribution in [-0.4, -0.2) is 24.2 Å². The molecule has 1 aromatic rings. The molecule has 0 amide bonds. The van der Waals surface area contributed by atoms with Crippen molar-refractivity contribution < 1.29 is 9.90 Å². The standard InChI is InChI=1S/C15H23NO2/c1-4-6-7-12-8-10-13(11-9-12)16(3)14(5-2)15(17)18/h8-11,14H,4-7H2,1-3H3,(H,17,18)/t14-/m0/s1. The van der Waals surface area contributed by atoms with Gasteiger partial charge in [-0.05, 0) is 37.0 Å². The van der Waals surface area contributed by atoms with Crippen LogP contribution in [0.3, 0.4) is 0 Å². The predicted molar refractivity (Wildman–Crippen MR) is 75.2 cm³/mol. The maximum Gasteiger partial charge on any atom is 0.326 e. The minimum absolute atomic E-state index is 0.452. The van der Waals surface area contributed by atoms with Crippen molar-refractivity contribution in [3.05, 3.63) is 29.8 Å². The second-order valence-electron chi connectivity index (χ2n) is 4.64. The molecule has 0 radical (unpaired) electrons. The van der Waals surface area contributed by atoms with Gasteiger partial charge in [0.05, 0.1) is 0 Å². The van der Waals surface area contributed by atoms with Crippen LogP contribution in [0, 0.1) is 0 Å². The molecule has 0 saturated heterocycles. The summed E-state index contributed by atoms with van der Waals surface area (Å²) in [7, 11) is 1.84. The van der Waals surface area contributed by atoms with E-state index in [2.05, 4.69) is 19.1 Å². The third kappa shape index (κ3) is 3.76. The molecule has 3 nitrogen and oxygen atoms in total. The largest absolute Gasteiger partial charge is 0.480 e. The van der Waals surface area contributed by atoms with E-state index in [-0.39, 0.29) is 0 Å². The number of aryl methyl sites for hydroxylation is 1. The number of carboxylic acids is 1. The number of anilines is 1. The monoisotopic (exact) mass is 249 g/mol. The zero-order chi connectivity index (χ0) is 13.5. The van der Waals surface area contributed by atoms with Crippen LogP contribution < -0.4 is 4.90 Å². The van der Waals surface area contributed by atoms with E-state index in [1.54, 1.807) is 0 Å². The van der Waals surface area contributed by atoms with Crippen LogP contribution in [0.2, 0.25) is 0 Å². The number of carboxylic acid groups (broad SMARTS) is 1. The van der Waals surface area contributed by atoms with Crippen LogP contribution in [0.1, 0.15) is 38.7 Å². The Labute approximate surface area is 109 Å². The lowest BCUT2D eigenvalue weighted by molar-refractivity contribution is -0.138. The molecular formula is C15H23NO2. The van der Waals surface area contributed by atoms with Crippen molar-refractivity contribution in [1.82, 2.24) is 0 Å². The van der Waals surface area contributed by atoms with Crippen molar-refractivity contribution in [3.8, 4) is 0 Å². The lowest BCUT2D eigenvalue weighted by Crippen LogP contribution is -2.37. The Morgan fingerprint density at radius 1 is 1.28 bits per heavy atom. The first-order valence-corrected chi connectivity index (χ1v) is 6.64. The maximum absolute atomic E-state index is 11.1. The zero-order valence-electron chi connectivity index (χ0n) is 11.5. The van der Waals surface area contributed by atoms with Crippen molar-refractivity contribution in [2.75, 3.05) is 11.9 Å². The van der Waals surface area contributed by atoms with E-state index < -0.39 is 12.0 Å². The van der Waals surface area contributed by atoms with Gasteiger partial charge in [-0.3, -0.25) is 0 Å². The van der Waals surface area contributed by atoms with Crippen LogP contribution in [0.15, 0.2) is 24.3 Å². The Morgan fingerprint density at radius 2 is 1.89 bits per heavy atom. The molecule has 0 aliphatic heterocycles. The van der Waals surface area contributed by atoms with Crippen LogP contribution in [0.4, 0.5) is 5.69 Å². The highest BCUT2D eigenvalue weighted by molar-refractivity contribution is 5.77. The van der Waals surface area contributed by atoms with Gasteiger partial charge in [0.25, 0.3) is 0 Å². The summed E-state index contributed by atoms with van der Waals surface area (Å²) in [4.78, 5) is 12.9.